The zero-order chi connectivity index (χ0) is 12.9. The molecule has 0 atom stereocenters. The quantitative estimate of drug-likeness (QED) is 0.392. The number of hydrogen-bond acceptors (Lipinski definition) is 3. The first-order valence-electron chi connectivity index (χ1n) is 5.35. The maximum Gasteiger partial charge on any atom is 0.264 e. The Hall–Kier alpha value is -0.650. The summed E-state index contributed by atoms with van der Waals surface area (Å²) >= 11 is 0. The minimum absolute atomic E-state index is 0.0964. The predicted octanol–water partition coefficient (Wildman–Crippen LogP) is 2.01. The van der Waals surface area contributed by atoms with E-state index in [2.05, 4.69) is 18.5 Å². The van der Waals surface area contributed by atoms with E-state index in [1.54, 1.807) is 0 Å². The Morgan fingerprint density at radius 2 is 1.69 bits per heavy atom. The zero-order valence-electron chi connectivity index (χ0n) is 9.98. The third-order valence-corrected chi connectivity index (χ3v) is 2.39. The highest BCUT2D eigenvalue weighted by Crippen LogP contribution is 1.96. The van der Waals surface area contributed by atoms with Crippen LogP contribution in [0.25, 0.3) is 0 Å². The van der Waals surface area contributed by atoms with Crippen LogP contribution < -0.4 is 5.32 Å². The highest BCUT2D eigenvalue weighted by Gasteiger charge is 2.01. The van der Waals surface area contributed by atoms with Gasteiger partial charge in [0.25, 0.3) is 10.1 Å². The lowest BCUT2D eigenvalue weighted by atomic mass is 10.3. The van der Waals surface area contributed by atoms with E-state index in [0.717, 1.165) is 25.9 Å². The van der Waals surface area contributed by atoms with Gasteiger partial charge in [-0.25, -0.2) is 0 Å². The maximum absolute atomic E-state index is 10.1. The van der Waals surface area contributed by atoms with Crippen molar-refractivity contribution in [1.29, 1.82) is 0 Å². The number of unbranched alkanes of at least 4 members (excludes halogenated alkanes) is 2. The van der Waals surface area contributed by atoms with Crippen LogP contribution in [-0.4, -0.2) is 31.8 Å². The van der Waals surface area contributed by atoms with Crippen LogP contribution in [0.5, 0.6) is 0 Å². The van der Waals surface area contributed by atoms with Gasteiger partial charge in [0.05, 0.1) is 5.75 Å². The Bertz CT molecular complexity index is 252. The molecule has 0 unspecified atom stereocenters. The summed E-state index contributed by atoms with van der Waals surface area (Å²) in [5, 5.41) is 3.05. The van der Waals surface area contributed by atoms with Crippen molar-refractivity contribution in [2.24, 2.45) is 0 Å². The summed E-state index contributed by atoms with van der Waals surface area (Å²) in [4.78, 5) is 0. The second kappa shape index (κ2) is 12.4. The molecular weight excluding hydrogens is 226 g/mol. The standard InChI is InChI=1S/C6H11N.C5H12O3S/c1-3-5-7-6-4-2;1-2-3-4-5-9(6,7)8/h3-4,7H,1-2,5-6H2;2-5H2,1H3,(H,6,7,8). The molecular formula is C11H23NO3S. The van der Waals surface area contributed by atoms with E-state index in [0.29, 0.717) is 6.42 Å². The van der Waals surface area contributed by atoms with Crippen molar-refractivity contribution in [2.45, 2.75) is 26.2 Å². The lowest BCUT2D eigenvalue weighted by Crippen LogP contribution is -2.11. The SMILES string of the molecule is C=CCNCC=C.CCCCCS(=O)(=O)O. The van der Waals surface area contributed by atoms with Crippen LogP contribution in [0, 0.1) is 0 Å². The fraction of sp³-hybridized carbons (Fsp3) is 0.636. The molecule has 0 radical (unpaired) electrons. The van der Waals surface area contributed by atoms with E-state index in [1.807, 2.05) is 19.1 Å². The molecule has 2 N–H and O–H groups in total. The van der Waals surface area contributed by atoms with E-state index in [-0.39, 0.29) is 5.75 Å². The normalized spacial score (nSPS) is 10.1. The molecule has 0 aromatic carbocycles. The summed E-state index contributed by atoms with van der Waals surface area (Å²) in [5.41, 5.74) is 0. The molecule has 0 aromatic rings. The van der Waals surface area contributed by atoms with Crippen molar-refractivity contribution in [3.05, 3.63) is 25.3 Å². The molecule has 5 heteroatoms. The van der Waals surface area contributed by atoms with Crippen LogP contribution in [0.4, 0.5) is 0 Å². The summed E-state index contributed by atoms with van der Waals surface area (Å²) in [7, 11) is -3.70. The van der Waals surface area contributed by atoms with E-state index >= 15 is 0 Å². The summed E-state index contributed by atoms with van der Waals surface area (Å²) in [6.07, 6.45) is 6.04. The van der Waals surface area contributed by atoms with Gasteiger partial charge in [0.15, 0.2) is 0 Å². The summed E-state index contributed by atoms with van der Waals surface area (Å²) in [6, 6.07) is 0. The van der Waals surface area contributed by atoms with Gasteiger partial charge in [-0.05, 0) is 6.42 Å². The van der Waals surface area contributed by atoms with Crippen molar-refractivity contribution in [1.82, 2.24) is 5.32 Å². The lowest BCUT2D eigenvalue weighted by Gasteiger charge is -1.92. The molecule has 0 aliphatic rings. The highest BCUT2D eigenvalue weighted by molar-refractivity contribution is 7.85. The minimum Gasteiger partial charge on any atom is -0.310 e. The Balaban J connectivity index is 0. The van der Waals surface area contributed by atoms with E-state index in [1.165, 1.54) is 0 Å². The first kappa shape index (κ1) is 17.7. The van der Waals surface area contributed by atoms with Crippen LogP contribution >= 0.6 is 0 Å². The second-order valence-corrected chi connectivity index (χ2v) is 4.80. The second-order valence-electron chi connectivity index (χ2n) is 3.23. The Kier molecular flexibility index (Phi) is 13.8. The first-order valence-corrected chi connectivity index (χ1v) is 6.96. The highest BCUT2D eigenvalue weighted by atomic mass is 32.2. The fourth-order valence-corrected chi connectivity index (χ4v) is 1.39. The molecule has 96 valence electrons. The van der Waals surface area contributed by atoms with E-state index in [4.69, 9.17) is 4.55 Å². The van der Waals surface area contributed by atoms with Crippen molar-refractivity contribution >= 4 is 10.1 Å². The first-order chi connectivity index (χ1) is 7.47. The molecule has 0 amide bonds. The fourth-order valence-electron chi connectivity index (χ4n) is 0.822. The summed E-state index contributed by atoms with van der Waals surface area (Å²) in [5.74, 6) is -0.0964. The van der Waals surface area contributed by atoms with Crippen molar-refractivity contribution < 1.29 is 13.0 Å². The van der Waals surface area contributed by atoms with Gasteiger partial charge < -0.3 is 5.32 Å². The van der Waals surface area contributed by atoms with Gasteiger partial charge in [-0.2, -0.15) is 8.42 Å². The molecule has 0 aliphatic carbocycles. The smallest absolute Gasteiger partial charge is 0.264 e. The molecule has 0 fully saturated rings. The molecule has 0 bridgehead atoms. The van der Waals surface area contributed by atoms with Crippen LogP contribution in [-0.2, 0) is 10.1 Å². The van der Waals surface area contributed by atoms with Crippen LogP contribution in [0.2, 0.25) is 0 Å². The predicted molar refractivity (Wildman–Crippen MR) is 69.2 cm³/mol. The molecule has 0 aliphatic heterocycles. The largest absolute Gasteiger partial charge is 0.310 e. The van der Waals surface area contributed by atoms with Gasteiger partial charge in [-0.15, -0.1) is 13.2 Å². The van der Waals surface area contributed by atoms with E-state index in [9.17, 15) is 8.42 Å². The molecule has 16 heavy (non-hydrogen) atoms. The summed E-state index contributed by atoms with van der Waals surface area (Å²) < 4.78 is 28.3. The molecule has 0 aromatic heterocycles. The minimum atomic E-state index is -3.70. The van der Waals surface area contributed by atoms with Crippen molar-refractivity contribution in [3.63, 3.8) is 0 Å². The summed E-state index contributed by atoms with van der Waals surface area (Å²) in [6.45, 7) is 10.8. The lowest BCUT2D eigenvalue weighted by molar-refractivity contribution is 0.480. The average molecular weight is 249 g/mol. The monoisotopic (exact) mass is 249 g/mol. The molecule has 0 spiro atoms. The van der Waals surface area contributed by atoms with E-state index < -0.39 is 10.1 Å². The molecule has 0 saturated carbocycles. The number of hydrogen-bond donors (Lipinski definition) is 2. The molecule has 4 nitrogen and oxygen atoms in total. The van der Waals surface area contributed by atoms with Gasteiger partial charge in [-0.1, -0.05) is 31.9 Å². The Morgan fingerprint density at radius 1 is 1.19 bits per heavy atom. The third kappa shape index (κ3) is 23.3. The Labute approximate surface area is 99.2 Å². The topological polar surface area (TPSA) is 66.4 Å². The van der Waals surface area contributed by atoms with Crippen molar-refractivity contribution in [3.8, 4) is 0 Å². The van der Waals surface area contributed by atoms with Crippen LogP contribution in [0.15, 0.2) is 25.3 Å². The van der Waals surface area contributed by atoms with Crippen LogP contribution in [0.3, 0.4) is 0 Å². The van der Waals surface area contributed by atoms with Gasteiger partial charge >= 0.3 is 0 Å². The van der Waals surface area contributed by atoms with Gasteiger partial charge in [0.2, 0.25) is 0 Å². The molecule has 0 rings (SSSR count). The van der Waals surface area contributed by atoms with Crippen LogP contribution in [0.1, 0.15) is 26.2 Å². The number of rotatable bonds is 8. The third-order valence-electron chi connectivity index (χ3n) is 1.58. The maximum atomic E-state index is 10.1. The number of nitrogens with one attached hydrogen (secondary N) is 1. The van der Waals surface area contributed by atoms with Gasteiger partial charge in [-0.3, -0.25) is 4.55 Å². The van der Waals surface area contributed by atoms with Crippen molar-refractivity contribution in [2.75, 3.05) is 18.8 Å². The Morgan fingerprint density at radius 3 is 2.00 bits per heavy atom. The molecule has 0 saturated heterocycles. The average Bonchev–Trinajstić information content (AvgIpc) is 2.18. The van der Waals surface area contributed by atoms with Gasteiger partial charge in [0.1, 0.15) is 0 Å². The molecule has 0 heterocycles. The zero-order valence-corrected chi connectivity index (χ0v) is 10.8. The van der Waals surface area contributed by atoms with Gasteiger partial charge in [0, 0.05) is 13.1 Å².